The molecular weight excluding hydrogens is 344 g/mol. The second-order valence-electron chi connectivity index (χ2n) is 5.17. The Balaban J connectivity index is 1.49. The lowest BCUT2D eigenvalue weighted by molar-refractivity contribution is 0.314. The van der Waals surface area contributed by atoms with E-state index in [9.17, 15) is 4.79 Å². The van der Waals surface area contributed by atoms with Crippen LogP contribution in [0.15, 0.2) is 65.5 Å². The van der Waals surface area contributed by atoms with Gasteiger partial charge in [0.05, 0.1) is 11.5 Å². The highest BCUT2D eigenvalue weighted by atomic mass is 35.5. The number of benzene rings is 2. The van der Waals surface area contributed by atoms with E-state index in [0.717, 1.165) is 22.6 Å². The van der Waals surface area contributed by atoms with E-state index in [2.05, 4.69) is 5.43 Å². The van der Waals surface area contributed by atoms with Gasteiger partial charge in [-0.2, -0.15) is 4.07 Å². The van der Waals surface area contributed by atoms with Crippen molar-refractivity contribution in [3.8, 4) is 16.2 Å². The zero-order valence-electron chi connectivity index (χ0n) is 12.9. The van der Waals surface area contributed by atoms with Gasteiger partial charge in [-0.3, -0.25) is 4.79 Å². The molecule has 4 nitrogen and oxygen atoms in total. The zero-order valence-corrected chi connectivity index (χ0v) is 14.5. The molecule has 0 spiro atoms. The quantitative estimate of drug-likeness (QED) is 0.641. The number of aromatic nitrogens is 1. The van der Waals surface area contributed by atoms with Crippen molar-refractivity contribution in [2.24, 2.45) is 0 Å². The van der Waals surface area contributed by atoms with Gasteiger partial charge >= 0.3 is 0 Å². The van der Waals surface area contributed by atoms with Crippen molar-refractivity contribution < 1.29 is 4.74 Å². The van der Waals surface area contributed by atoms with Gasteiger partial charge in [-0.15, -0.1) is 0 Å². The van der Waals surface area contributed by atoms with Crippen molar-refractivity contribution in [2.45, 2.75) is 6.42 Å². The van der Waals surface area contributed by atoms with Crippen molar-refractivity contribution in [3.05, 3.63) is 76.0 Å². The van der Waals surface area contributed by atoms with E-state index in [1.165, 1.54) is 11.5 Å². The summed E-state index contributed by atoms with van der Waals surface area (Å²) in [6, 6.07) is 18.8. The molecule has 0 radical (unpaired) electrons. The Kier molecular flexibility index (Phi) is 5.56. The van der Waals surface area contributed by atoms with Gasteiger partial charge in [-0.25, -0.2) is 0 Å². The Morgan fingerprint density at radius 2 is 1.92 bits per heavy atom. The number of nitrogens with zero attached hydrogens (tertiary/aromatic N) is 1. The molecular formula is C18H17ClN2O2S. The third-order valence-electron chi connectivity index (χ3n) is 3.34. The van der Waals surface area contributed by atoms with Crippen LogP contribution in [-0.4, -0.2) is 17.2 Å². The second-order valence-corrected chi connectivity index (χ2v) is 6.59. The van der Waals surface area contributed by atoms with Crippen LogP contribution in [0.5, 0.6) is 5.75 Å². The van der Waals surface area contributed by atoms with Crippen LogP contribution in [0.4, 0.5) is 0 Å². The normalized spacial score (nSPS) is 10.5. The van der Waals surface area contributed by atoms with E-state index in [4.69, 9.17) is 16.3 Å². The molecule has 0 aliphatic rings. The minimum absolute atomic E-state index is 0.0467. The Labute approximate surface area is 149 Å². The highest BCUT2D eigenvalue weighted by Crippen LogP contribution is 2.21. The molecule has 3 rings (SSSR count). The van der Waals surface area contributed by atoms with Crippen molar-refractivity contribution in [2.75, 3.05) is 18.6 Å². The molecule has 6 heteroatoms. The van der Waals surface area contributed by atoms with E-state index >= 15 is 0 Å². The first-order valence-corrected chi connectivity index (χ1v) is 8.78. The summed E-state index contributed by atoms with van der Waals surface area (Å²) in [5.41, 5.74) is 4.12. The van der Waals surface area contributed by atoms with E-state index in [0.29, 0.717) is 18.2 Å². The molecule has 0 amide bonds. The average Bonchev–Trinajstić information content (AvgIpc) is 2.96. The average molecular weight is 361 g/mol. The van der Waals surface area contributed by atoms with Crippen molar-refractivity contribution in [3.63, 3.8) is 0 Å². The summed E-state index contributed by atoms with van der Waals surface area (Å²) in [5, 5.41) is 0.657. The number of ether oxygens (including phenoxy) is 1. The standard InChI is InChI=1S/C18H17ClN2O2S/c19-15-8-4-9-16(12-15)23-11-5-10-20-21-18(22)13-17(24-21)14-6-2-1-3-7-14/h1-4,6-9,12-13,20H,5,10-11H2. The lowest BCUT2D eigenvalue weighted by atomic mass is 10.2. The lowest BCUT2D eigenvalue weighted by Crippen LogP contribution is -2.24. The van der Waals surface area contributed by atoms with Crippen LogP contribution in [-0.2, 0) is 0 Å². The summed E-state index contributed by atoms with van der Waals surface area (Å²) in [5.74, 6) is 0.752. The third kappa shape index (κ3) is 4.40. The number of rotatable bonds is 7. The fraction of sp³-hybridized carbons (Fsp3) is 0.167. The monoisotopic (exact) mass is 360 g/mol. The summed E-state index contributed by atoms with van der Waals surface area (Å²) in [4.78, 5) is 12.9. The van der Waals surface area contributed by atoms with Gasteiger partial charge in [-0.05, 0) is 35.3 Å². The van der Waals surface area contributed by atoms with Crippen LogP contribution in [0.2, 0.25) is 5.02 Å². The highest BCUT2D eigenvalue weighted by molar-refractivity contribution is 7.10. The fourth-order valence-corrected chi connectivity index (χ4v) is 3.26. The molecule has 0 saturated heterocycles. The van der Waals surface area contributed by atoms with Crippen molar-refractivity contribution in [1.29, 1.82) is 0 Å². The van der Waals surface area contributed by atoms with Gasteiger partial charge in [-0.1, -0.05) is 48.0 Å². The molecule has 0 aliphatic carbocycles. The molecule has 2 aromatic carbocycles. The second kappa shape index (κ2) is 8.04. The van der Waals surface area contributed by atoms with Crippen molar-refractivity contribution >= 4 is 23.1 Å². The van der Waals surface area contributed by atoms with E-state index < -0.39 is 0 Å². The predicted octanol–water partition coefficient (Wildman–Crippen LogP) is 4.24. The Hall–Kier alpha value is -2.24. The smallest absolute Gasteiger partial charge is 0.280 e. The maximum Gasteiger partial charge on any atom is 0.280 e. The SMILES string of the molecule is O=c1cc(-c2ccccc2)sn1NCCCOc1cccc(Cl)c1. The summed E-state index contributed by atoms with van der Waals surface area (Å²) >= 11 is 7.31. The molecule has 3 aromatic rings. The minimum atomic E-state index is -0.0467. The van der Waals surface area contributed by atoms with Crippen LogP contribution in [0.3, 0.4) is 0 Å². The van der Waals surface area contributed by atoms with Gasteiger partial charge in [0.1, 0.15) is 5.75 Å². The summed E-state index contributed by atoms with van der Waals surface area (Å²) < 4.78 is 7.18. The third-order valence-corrected chi connectivity index (χ3v) is 4.62. The fourth-order valence-electron chi connectivity index (χ4n) is 2.19. The molecule has 1 aromatic heterocycles. The summed E-state index contributed by atoms with van der Waals surface area (Å²) in [7, 11) is 0. The maximum atomic E-state index is 12.0. The Morgan fingerprint density at radius 1 is 1.08 bits per heavy atom. The molecule has 0 fully saturated rings. The van der Waals surface area contributed by atoms with Crippen LogP contribution < -0.4 is 15.7 Å². The molecule has 0 atom stereocenters. The molecule has 24 heavy (non-hydrogen) atoms. The minimum Gasteiger partial charge on any atom is -0.493 e. The highest BCUT2D eigenvalue weighted by Gasteiger charge is 2.05. The topological polar surface area (TPSA) is 43.3 Å². The molecule has 0 aliphatic heterocycles. The van der Waals surface area contributed by atoms with Gasteiger partial charge < -0.3 is 10.2 Å². The molecule has 0 saturated carbocycles. The first kappa shape index (κ1) is 16.6. The maximum absolute atomic E-state index is 12.0. The molecule has 1 heterocycles. The Bertz CT molecular complexity index is 845. The molecule has 0 unspecified atom stereocenters. The molecule has 124 valence electrons. The van der Waals surface area contributed by atoms with Crippen LogP contribution in [0.1, 0.15) is 6.42 Å². The van der Waals surface area contributed by atoms with E-state index in [1.54, 1.807) is 16.2 Å². The lowest BCUT2D eigenvalue weighted by Gasteiger charge is -2.08. The largest absolute Gasteiger partial charge is 0.493 e. The van der Waals surface area contributed by atoms with Crippen LogP contribution in [0.25, 0.3) is 10.4 Å². The van der Waals surface area contributed by atoms with Gasteiger partial charge in [0.2, 0.25) is 0 Å². The van der Waals surface area contributed by atoms with Crippen molar-refractivity contribution in [1.82, 2.24) is 4.07 Å². The summed E-state index contributed by atoms with van der Waals surface area (Å²) in [6.45, 7) is 1.20. The summed E-state index contributed by atoms with van der Waals surface area (Å²) in [6.07, 6.45) is 0.775. The van der Waals surface area contributed by atoms with E-state index in [1.807, 2.05) is 48.5 Å². The first-order valence-electron chi connectivity index (χ1n) is 7.63. The number of hydrogen-bond donors (Lipinski definition) is 1. The zero-order chi connectivity index (χ0) is 16.8. The van der Waals surface area contributed by atoms with Gasteiger partial charge in [0.15, 0.2) is 0 Å². The first-order chi connectivity index (χ1) is 11.7. The van der Waals surface area contributed by atoms with Crippen LogP contribution >= 0.6 is 23.1 Å². The van der Waals surface area contributed by atoms with Gasteiger partial charge in [0, 0.05) is 24.1 Å². The van der Waals surface area contributed by atoms with Crippen LogP contribution in [0, 0.1) is 0 Å². The van der Waals surface area contributed by atoms with Gasteiger partial charge in [0.25, 0.3) is 5.56 Å². The number of nitrogens with one attached hydrogen (secondary N) is 1. The van der Waals surface area contributed by atoms with E-state index in [-0.39, 0.29) is 5.56 Å². The molecule has 1 N–H and O–H groups in total. The Morgan fingerprint density at radius 3 is 2.71 bits per heavy atom. The molecule has 0 bridgehead atoms. The number of halogens is 1. The number of hydrogen-bond acceptors (Lipinski definition) is 4. The predicted molar refractivity (Wildman–Crippen MR) is 99.8 cm³/mol.